The number of rotatable bonds is 6. The van der Waals surface area contributed by atoms with E-state index in [0.717, 1.165) is 32.2 Å². The first kappa shape index (κ1) is 14.4. The molecule has 108 valence electrons. The van der Waals surface area contributed by atoms with E-state index in [0.29, 0.717) is 24.8 Å². The molecule has 2 rings (SSSR count). The number of nitrogens with zero attached hydrogens (tertiary/aromatic N) is 1. The van der Waals surface area contributed by atoms with E-state index in [1.54, 1.807) is 0 Å². The highest BCUT2D eigenvalue weighted by Gasteiger charge is 2.40. The predicted octanol–water partition coefficient (Wildman–Crippen LogP) is 2.52. The molecule has 2 saturated carbocycles. The third kappa shape index (κ3) is 3.71. The molecule has 2 unspecified atom stereocenters. The van der Waals surface area contributed by atoms with Gasteiger partial charge in [0.2, 0.25) is 5.91 Å². The van der Waals surface area contributed by atoms with Gasteiger partial charge in [-0.05, 0) is 44.4 Å². The fraction of sp³-hybridized carbons (Fsp3) is 0.867. The number of carbonyl (C=O) groups is 2. The van der Waals surface area contributed by atoms with Crippen LogP contribution in [-0.2, 0) is 9.59 Å². The van der Waals surface area contributed by atoms with E-state index in [1.165, 1.54) is 0 Å². The van der Waals surface area contributed by atoms with Crippen LogP contribution in [0.15, 0.2) is 0 Å². The van der Waals surface area contributed by atoms with Gasteiger partial charge in [0.05, 0.1) is 5.92 Å². The second-order valence-corrected chi connectivity index (χ2v) is 6.49. The fourth-order valence-corrected chi connectivity index (χ4v) is 2.92. The Hall–Kier alpha value is -1.06. The van der Waals surface area contributed by atoms with Gasteiger partial charge in [0.25, 0.3) is 0 Å². The number of carbonyl (C=O) groups excluding carboxylic acids is 1. The van der Waals surface area contributed by atoms with Crippen molar-refractivity contribution in [2.45, 2.75) is 58.4 Å². The quantitative estimate of drug-likeness (QED) is 0.804. The molecule has 19 heavy (non-hydrogen) atoms. The average Bonchev–Trinajstić information content (AvgIpc) is 3.05. The minimum Gasteiger partial charge on any atom is -0.481 e. The molecule has 0 saturated heterocycles. The number of carboxylic acids is 1. The molecular formula is C15H25NO3. The Morgan fingerprint density at radius 3 is 2.26 bits per heavy atom. The van der Waals surface area contributed by atoms with Crippen molar-refractivity contribution in [3.05, 3.63) is 0 Å². The molecule has 0 spiro atoms. The number of hydrogen-bond donors (Lipinski definition) is 1. The van der Waals surface area contributed by atoms with E-state index < -0.39 is 5.97 Å². The zero-order valence-corrected chi connectivity index (χ0v) is 12.0. The molecule has 0 aliphatic heterocycles. The first-order valence-electron chi connectivity index (χ1n) is 7.52. The van der Waals surface area contributed by atoms with Crippen molar-refractivity contribution in [3.8, 4) is 0 Å². The molecule has 1 amide bonds. The summed E-state index contributed by atoms with van der Waals surface area (Å²) < 4.78 is 0. The van der Waals surface area contributed by atoms with Crippen LogP contribution in [0.2, 0.25) is 0 Å². The zero-order valence-electron chi connectivity index (χ0n) is 12.0. The van der Waals surface area contributed by atoms with Gasteiger partial charge in [-0.2, -0.15) is 0 Å². The van der Waals surface area contributed by atoms with Crippen LogP contribution in [0.4, 0.5) is 0 Å². The maximum atomic E-state index is 12.5. The summed E-state index contributed by atoms with van der Waals surface area (Å²) in [6, 6.07) is 0.440. The molecule has 0 bridgehead atoms. The molecule has 0 radical (unpaired) electrons. The van der Waals surface area contributed by atoms with Gasteiger partial charge in [-0.15, -0.1) is 0 Å². The van der Waals surface area contributed by atoms with E-state index in [4.69, 9.17) is 5.11 Å². The SMILES string of the molecule is CC(C)CCN(C(=O)C1CCC(C(=O)O)C1)C1CC1. The van der Waals surface area contributed by atoms with Crippen LogP contribution in [0, 0.1) is 17.8 Å². The first-order valence-corrected chi connectivity index (χ1v) is 7.52. The van der Waals surface area contributed by atoms with Gasteiger partial charge >= 0.3 is 5.97 Å². The Morgan fingerprint density at radius 2 is 1.79 bits per heavy atom. The Labute approximate surface area is 115 Å². The summed E-state index contributed by atoms with van der Waals surface area (Å²) in [4.78, 5) is 25.6. The third-order valence-corrected chi connectivity index (χ3v) is 4.35. The van der Waals surface area contributed by atoms with Crippen LogP contribution in [0.1, 0.15) is 52.4 Å². The van der Waals surface area contributed by atoms with Gasteiger partial charge in [0.15, 0.2) is 0 Å². The van der Waals surface area contributed by atoms with Crippen molar-refractivity contribution < 1.29 is 14.7 Å². The van der Waals surface area contributed by atoms with E-state index in [9.17, 15) is 9.59 Å². The van der Waals surface area contributed by atoms with Crippen LogP contribution >= 0.6 is 0 Å². The second-order valence-electron chi connectivity index (χ2n) is 6.49. The molecule has 0 aromatic heterocycles. The van der Waals surface area contributed by atoms with Crippen molar-refractivity contribution in [3.63, 3.8) is 0 Å². The normalized spacial score (nSPS) is 26.7. The highest BCUT2D eigenvalue weighted by atomic mass is 16.4. The second kappa shape index (κ2) is 5.93. The Morgan fingerprint density at radius 1 is 1.16 bits per heavy atom. The molecule has 2 aliphatic rings. The van der Waals surface area contributed by atoms with Crippen LogP contribution < -0.4 is 0 Å². The molecule has 2 aliphatic carbocycles. The van der Waals surface area contributed by atoms with E-state index >= 15 is 0 Å². The summed E-state index contributed by atoms with van der Waals surface area (Å²) in [5.74, 6) is -0.277. The van der Waals surface area contributed by atoms with Crippen LogP contribution in [0.5, 0.6) is 0 Å². The van der Waals surface area contributed by atoms with E-state index in [1.807, 2.05) is 4.90 Å². The molecule has 0 heterocycles. The van der Waals surface area contributed by atoms with Gasteiger partial charge in [-0.3, -0.25) is 9.59 Å². The highest BCUT2D eigenvalue weighted by Crippen LogP contribution is 2.36. The van der Waals surface area contributed by atoms with Gasteiger partial charge in [-0.25, -0.2) is 0 Å². The lowest BCUT2D eigenvalue weighted by atomic mass is 10.0. The van der Waals surface area contributed by atoms with Crippen molar-refractivity contribution in [1.82, 2.24) is 4.90 Å². The molecule has 2 fully saturated rings. The summed E-state index contributed by atoms with van der Waals surface area (Å²) in [6.45, 7) is 5.19. The molecule has 0 aromatic carbocycles. The molecule has 2 atom stereocenters. The number of carboxylic acid groups (broad SMARTS) is 1. The average molecular weight is 267 g/mol. The maximum Gasteiger partial charge on any atom is 0.306 e. The van der Waals surface area contributed by atoms with Crippen molar-refractivity contribution in [2.75, 3.05) is 6.54 Å². The molecule has 4 nitrogen and oxygen atoms in total. The lowest BCUT2D eigenvalue weighted by Gasteiger charge is -2.26. The minimum absolute atomic E-state index is 0.0473. The van der Waals surface area contributed by atoms with E-state index in [2.05, 4.69) is 13.8 Å². The summed E-state index contributed by atoms with van der Waals surface area (Å²) in [5.41, 5.74) is 0. The maximum absolute atomic E-state index is 12.5. The van der Waals surface area contributed by atoms with Gasteiger partial charge in [0, 0.05) is 18.5 Å². The van der Waals surface area contributed by atoms with Gasteiger partial charge in [0.1, 0.15) is 0 Å². The number of amides is 1. The predicted molar refractivity (Wildman–Crippen MR) is 72.7 cm³/mol. The Balaban J connectivity index is 1.90. The topological polar surface area (TPSA) is 57.6 Å². The summed E-state index contributed by atoms with van der Waals surface area (Å²) >= 11 is 0. The monoisotopic (exact) mass is 267 g/mol. The number of aliphatic carboxylic acids is 1. The largest absolute Gasteiger partial charge is 0.481 e. The zero-order chi connectivity index (χ0) is 14.0. The van der Waals surface area contributed by atoms with Crippen LogP contribution in [0.3, 0.4) is 0 Å². The van der Waals surface area contributed by atoms with Gasteiger partial charge < -0.3 is 10.0 Å². The Bertz CT molecular complexity index is 349. The lowest BCUT2D eigenvalue weighted by molar-refractivity contribution is -0.141. The smallest absolute Gasteiger partial charge is 0.306 e. The molecular weight excluding hydrogens is 242 g/mol. The van der Waals surface area contributed by atoms with Crippen LogP contribution in [0.25, 0.3) is 0 Å². The van der Waals surface area contributed by atoms with Crippen molar-refractivity contribution in [1.29, 1.82) is 0 Å². The molecule has 4 heteroatoms. The minimum atomic E-state index is -0.740. The first-order chi connectivity index (χ1) is 8.99. The molecule has 1 N–H and O–H groups in total. The number of hydrogen-bond acceptors (Lipinski definition) is 2. The van der Waals surface area contributed by atoms with E-state index in [-0.39, 0.29) is 17.7 Å². The Kier molecular flexibility index (Phi) is 4.48. The van der Waals surface area contributed by atoms with Gasteiger partial charge in [-0.1, -0.05) is 13.8 Å². The van der Waals surface area contributed by atoms with Crippen LogP contribution in [-0.4, -0.2) is 34.5 Å². The molecule has 0 aromatic rings. The summed E-state index contributed by atoms with van der Waals surface area (Å²) in [6.07, 6.45) is 5.24. The third-order valence-electron chi connectivity index (χ3n) is 4.35. The fourth-order valence-electron chi connectivity index (χ4n) is 2.92. The van der Waals surface area contributed by atoms with Crippen molar-refractivity contribution in [2.24, 2.45) is 17.8 Å². The standard InChI is InChI=1S/C15H25NO3/c1-10(2)7-8-16(13-5-6-13)14(17)11-3-4-12(9-11)15(18)19/h10-13H,3-9H2,1-2H3,(H,18,19). The summed E-state index contributed by atoms with van der Waals surface area (Å²) in [7, 11) is 0. The highest BCUT2D eigenvalue weighted by molar-refractivity contribution is 5.81. The lowest BCUT2D eigenvalue weighted by Crippen LogP contribution is -2.38. The summed E-state index contributed by atoms with van der Waals surface area (Å²) in [5, 5.41) is 9.02. The van der Waals surface area contributed by atoms with Crippen molar-refractivity contribution >= 4 is 11.9 Å².